The van der Waals surface area contributed by atoms with Gasteiger partial charge in [-0.1, -0.05) is 12.1 Å². The summed E-state index contributed by atoms with van der Waals surface area (Å²) in [4.78, 5) is 25.5. The molecule has 2 saturated heterocycles. The summed E-state index contributed by atoms with van der Waals surface area (Å²) < 4.78 is 0. The lowest BCUT2D eigenvalue weighted by Crippen LogP contribution is -2.49. The topological polar surface area (TPSA) is 51.2 Å². The summed E-state index contributed by atoms with van der Waals surface area (Å²) in [5.74, 6) is 1.46. The van der Waals surface area contributed by atoms with Crippen molar-refractivity contribution in [2.45, 2.75) is 39.0 Å². The van der Waals surface area contributed by atoms with Crippen LogP contribution in [0.15, 0.2) is 35.3 Å². The van der Waals surface area contributed by atoms with Gasteiger partial charge in [0.15, 0.2) is 0 Å². The molecule has 2 fully saturated rings. The molecule has 32 heavy (non-hydrogen) atoms. The van der Waals surface area contributed by atoms with Crippen molar-refractivity contribution >= 4 is 39.5 Å². The molecule has 3 aliphatic rings. The second-order valence-electron chi connectivity index (χ2n) is 9.05. The fourth-order valence-corrected chi connectivity index (χ4v) is 5.83. The van der Waals surface area contributed by atoms with Crippen LogP contribution in [0.5, 0.6) is 0 Å². The van der Waals surface area contributed by atoms with Crippen LogP contribution in [-0.2, 0) is 4.79 Å². The minimum absolute atomic E-state index is 0.355. The smallest absolute Gasteiger partial charge is 0.222 e. The number of carbonyl (C=O) groups excluding carboxylic acids is 1. The van der Waals surface area contributed by atoms with Gasteiger partial charge >= 0.3 is 0 Å². The molecule has 0 bridgehead atoms. The monoisotopic (exact) mass is 451 g/mol. The number of aryl methyl sites for hydroxylation is 1. The third-order valence-electron chi connectivity index (χ3n) is 6.72. The molecule has 6 nitrogen and oxygen atoms in total. The van der Waals surface area contributed by atoms with Crippen LogP contribution in [0.4, 0.5) is 16.4 Å². The van der Waals surface area contributed by atoms with Crippen molar-refractivity contribution in [3.63, 3.8) is 0 Å². The van der Waals surface area contributed by atoms with Gasteiger partial charge in [-0.15, -0.1) is 11.3 Å². The summed E-state index contributed by atoms with van der Waals surface area (Å²) in [5, 5.41) is 4.80. The molecule has 1 aromatic carbocycles. The Hall–Kier alpha value is -2.38. The van der Waals surface area contributed by atoms with Crippen molar-refractivity contribution in [3.05, 3.63) is 40.8 Å². The van der Waals surface area contributed by atoms with Crippen LogP contribution >= 0.6 is 11.3 Å². The van der Waals surface area contributed by atoms with E-state index in [9.17, 15) is 4.79 Å². The predicted octanol–water partition coefficient (Wildman–Crippen LogP) is 4.60. The van der Waals surface area contributed by atoms with Crippen molar-refractivity contribution in [2.24, 2.45) is 4.99 Å². The van der Waals surface area contributed by atoms with Crippen LogP contribution in [0.1, 0.15) is 42.5 Å². The number of piperazine rings is 1. The predicted molar refractivity (Wildman–Crippen MR) is 133 cm³/mol. The lowest BCUT2D eigenvalue weighted by atomic mass is 10.1. The van der Waals surface area contributed by atoms with E-state index in [-0.39, 0.29) is 0 Å². The number of unbranched alkanes of at least 4 members (excludes halogenated alkanes) is 1. The number of hydrogen-bond acceptors (Lipinski definition) is 6. The Morgan fingerprint density at radius 1 is 1.03 bits per heavy atom. The number of thiophene rings is 1. The summed E-state index contributed by atoms with van der Waals surface area (Å²) in [6.07, 6.45) is 5.26. The highest BCUT2D eigenvalue weighted by Gasteiger charge is 2.26. The maximum Gasteiger partial charge on any atom is 0.222 e. The fourth-order valence-electron chi connectivity index (χ4n) is 4.91. The molecule has 1 amide bonds. The maximum atomic E-state index is 12.0. The molecule has 0 radical (unpaired) electrons. The zero-order valence-electron chi connectivity index (χ0n) is 19.0. The molecule has 1 aromatic heterocycles. The molecule has 0 atom stereocenters. The molecule has 7 heteroatoms. The van der Waals surface area contributed by atoms with E-state index in [2.05, 4.69) is 57.3 Å². The van der Waals surface area contributed by atoms with Gasteiger partial charge in [0, 0.05) is 50.6 Å². The van der Waals surface area contributed by atoms with Crippen molar-refractivity contribution in [1.82, 2.24) is 14.7 Å². The molecule has 3 aliphatic heterocycles. The first-order chi connectivity index (χ1) is 15.7. The molecule has 5 rings (SSSR count). The van der Waals surface area contributed by atoms with E-state index in [4.69, 9.17) is 4.99 Å². The standard InChI is InChI=1S/C25H33N5OS/c1-19-18-20-24(26-21-8-2-3-9-22(21)27-25(20)32-19)30-16-14-28(15-17-30)11-6-7-13-29-12-5-4-10-23(29)31/h2-3,8-9,18,27H,4-7,10-17H2,1H3. The van der Waals surface area contributed by atoms with Gasteiger partial charge in [0.1, 0.15) is 10.8 Å². The van der Waals surface area contributed by atoms with Gasteiger partial charge in [-0.2, -0.15) is 0 Å². The number of nitrogens with one attached hydrogen (secondary N) is 1. The molecular weight excluding hydrogens is 418 g/mol. The molecule has 2 aromatic rings. The number of hydrogen-bond donors (Lipinski definition) is 1. The maximum absolute atomic E-state index is 12.0. The SMILES string of the molecule is Cc1cc2c(s1)Nc1ccccc1N=C2N1CCN(CCCCN2CCCCC2=O)CC1. The van der Waals surface area contributed by atoms with E-state index in [0.29, 0.717) is 5.91 Å². The summed E-state index contributed by atoms with van der Waals surface area (Å²) in [7, 11) is 0. The highest BCUT2D eigenvalue weighted by atomic mass is 32.1. The van der Waals surface area contributed by atoms with Crippen molar-refractivity contribution in [2.75, 3.05) is 51.1 Å². The zero-order valence-corrected chi connectivity index (χ0v) is 19.8. The van der Waals surface area contributed by atoms with Crippen molar-refractivity contribution < 1.29 is 4.79 Å². The number of benzene rings is 1. The van der Waals surface area contributed by atoms with Gasteiger partial charge < -0.3 is 15.1 Å². The number of likely N-dealkylation sites (tertiary alicyclic amines) is 1. The Labute approximate surface area is 194 Å². The van der Waals surface area contributed by atoms with Gasteiger partial charge in [0.05, 0.1) is 16.9 Å². The highest BCUT2D eigenvalue weighted by molar-refractivity contribution is 7.16. The van der Waals surface area contributed by atoms with Gasteiger partial charge in [-0.05, 0) is 57.4 Å². The molecule has 0 spiro atoms. The van der Waals surface area contributed by atoms with Crippen molar-refractivity contribution in [3.8, 4) is 0 Å². The molecule has 4 heterocycles. The average Bonchev–Trinajstić information content (AvgIpc) is 3.10. The van der Waals surface area contributed by atoms with Gasteiger partial charge in [0.25, 0.3) is 0 Å². The number of para-hydroxylation sites is 2. The number of rotatable bonds is 5. The van der Waals surface area contributed by atoms with E-state index >= 15 is 0 Å². The number of amidine groups is 1. The van der Waals surface area contributed by atoms with E-state index in [1.807, 2.05) is 0 Å². The van der Waals surface area contributed by atoms with Crippen LogP contribution in [0.25, 0.3) is 0 Å². The van der Waals surface area contributed by atoms with Gasteiger partial charge in [-0.3, -0.25) is 9.69 Å². The molecule has 170 valence electrons. The summed E-state index contributed by atoms with van der Waals surface area (Å²) >= 11 is 1.80. The normalized spacial score (nSPS) is 19.2. The second kappa shape index (κ2) is 9.63. The number of fused-ring (bicyclic) bond motifs is 2. The Kier molecular flexibility index (Phi) is 6.46. The molecule has 0 aliphatic carbocycles. The Morgan fingerprint density at radius 3 is 2.69 bits per heavy atom. The van der Waals surface area contributed by atoms with E-state index < -0.39 is 0 Å². The quantitative estimate of drug-likeness (QED) is 0.675. The van der Waals surface area contributed by atoms with Crippen LogP contribution in [0.2, 0.25) is 0 Å². The number of anilines is 2. The minimum atomic E-state index is 0.355. The second-order valence-corrected chi connectivity index (χ2v) is 10.3. The van der Waals surface area contributed by atoms with Gasteiger partial charge in [0.2, 0.25) is 5.91 Å². The number of nitrogens with zero attached hydrogens (tertiary/aromatic N) is 4. The van der Waals surface area contributed by atoms with Crippen LogP contribution in [-0.4, -0.2) is 72.3 Å². The Morgan fingerprint density at radius 2 is 1.84 bits per heavy atom. The number of carbonyl (C=O) groups is 1. The number of aliphatic imine (C=N–C) groups is 1. The first-order valence-corrected chi connectivity index (χ1v) is 12.8. The minimum Gasteiger partial charge on any atom is -0.353 e. The molecular formula is C25H33N5OS. The molecule has 1 N–H and O–H groups in total. The lowest BCUT2D eigenvalue weighted by molar-refractivity contribution is -0.133. The highest BCUT2D eigenvalue weighted by Crippen LogP contribution is 2.39. The van der Waals surface area contributed by atoms with E-state index in [0.717, 1.165) is 88.7 Å². The fraction of sp³-hybridized carbons (Fsp3) is 0.520. The Balaban J connectivity index is 1.18. The summed E-state index contributed by atoms with van der Waals surface area (Å²) in [6, 6.07) is 10.6. The van der Waals surface area contributed by atoms with Crippen LogP contribution in [0.3, 0.4) is 0 Å². The number of piperidine rings is 1. The van der Waals surface area contributed by atoms with E-state index in [1.54, 1.807) is 11.3 Å². The largest absolute Gasteiger partial charge is 0.353 e. The lowest BCUT2D eigenvalue weighted by Gasteiger charge is -2.36. The molecule has 0 saturated carbocycles. The first-order valence-electron chi connectivity index (χ1n) is 12.0. The van der Waals surface area contributed by atoms with Crippen LogP contribution in [0, 0.1) is 6.92 Å². The number of amides is 1. The van der Waals surface area contributed by atoms with E-state index in [1.165, 1.54) is 21.9 Å². The zero-order chi connectivity index (χ0) is 21.9. The third kappa shape index (κ3) is 4.69. The molecule has 0 unspecified atom stereocenters. The third-order valence-corrected chi connectivity index (χ3v) is 7.69. The first kappa shape index (κ1) is 21.5. The van der Waals surface area contributed by atoms with Gasteiger partial charge in [-0.25, -0.2) is 4.99 Å². The summed E-state index contributed by atoms with van der Waals surface area (Å²) in [6.45, 7) is 9.31. The summed E-state index contributed by atoms with van der Waals surface area (Å²) in [5.41, 5.74) is 3.32. The van der Waals surface area contributed by atoms with Crippen molar-refractivity contribution in [1.29, 1.82) is 0 Å². The Bertz CT molecular complexity index is 992. The van der Waals surface area contributed by atoms with Crippen LogP contribution < -0.4 is 5.32 Å². The average molecular weight is 452 g/mol.